The number of hydrogen-bond acceptors (Lipinski definition) is 3. The normalized spacial score (nSPS) is 25.2. The molecule has 1 heterocycles. The smallest absolute Gasteiger partial charge is 0.409 e. The highest BCUT2D eigenvalue weighted by Crippen LogP contribution is 2.38. The van der Waals surface area contributed by atoms with Gasteiger partial charge in [-0.2, -0.15) is 0 Å². The van der Waals surface area contributed by atoms with E-state index >= 15 is 0 Å². The molecule has 0 aromatic rings. The van der Waals surface area contributed by atoms with Crippen LogP contribution in [0.4, 0.5) is 4.79 Å². The van der Waals surface area contributed by atoms with Crippen molar-refractivity contribution in [3.8, 4) is 0 Å². The number of likely N-dealkylation sites (tertiary alicyclic amines) is 1. The van der Waals surface area contributed by atoms with Gasteiger partial charge in [0.1, 0.15) is 0 Å². The molecule has 1 saturated heterocycles. The summed E-state index contributed by atoms with van der Waals surface area (Å²) in [5, 5.41) is 9.70. The molecule has 2 aliphatic rings. The summed E-state index contributed by atoms with van der Waals surface area (Å²) in [6.45, 7) is 1.31. The van der Waals surface area contributed by atoms with E-state index in [0.29, 0.717) is 19.0 Å². The van der Waals surface area contributed by atoms with E-state index in [1.165, 1.54) is 7.11 Å². The topological polar surface area (TPSA) is 49.8 Å². The third-order valence-electron chi connectivity index (χ3n) is 2.93. The average Bonchev–Trinajstić information content (AvgIpc) is 2.83. The van der Waals surface area contributed by atoms with E-state index in [9.17, 15) is 9.90 Å². The summed E-state index contributed by atoms with van der Waals surface area (Å²) in [6.07, 6.45) is 1.83. The number of methoxy groups -OCH3 is 1. The Morgan fingerprint density at radius 3 is 2.54 bits per heavy atom. The highest BCUT2D eigenvalue weighted by atomic mass is 16.5. The van der Waals surface area contributed by atoms with E-state index < -0.39 is 0 Å². The molecule has 0 aromatic carbocycles. The molecule has 74 valence electrons. The molecular formula is C9H15NO3. The number of amides is 1. The molecule has 0 spiro atoms. The summed E-state index contributed by atoms with van der Waals surface area (Å²) < 4.78 is 4.56. The lowest BCUT2D eigenvalue weighted by Crippen LogP contribution is -2.54. The summed E-state index contributed by atoms with van der Waals surface area (Å²) in [4.78, 5) is 12.6. The van der Waals surface area contributed by atoms with Crippen molar-refractivity contribution < 1.29 is 14.6 Å². The molecule has 1 atom stereocenters. The van der Waals surface area contributed by atoms with Crippen molar-refractivity contribution in [2.45, 2.75) is 18.9 Å². The third-order valence-corrected chi connectivity index (χ3v) is 2.93. The quantitative estimate of drug-likeness (QED) is 0.679. The number of nitrogens with zero attached hydrogens (tertiary/aromatic N) is 1. The van der Waals surface area contributed by atoms with Crippen LogP contribution in [-0.4, -0.2) is 42.4 Å². The second kappa shape index (κ2) is 3.18. The van der Waals surface area contributed by atoms with E-state index in [-0.39, 0.29) is 18.1 Å². The zero-order valence-electron chi connectivity index (χ0n) is 7.77. The molecule has 1 unspecified atom stereocenters. The third kappa shape index (κ3) is 1.63. The number of carbonyl (C=O) groups is 1. The highest BCUT2D eigenvalue weighted by molar-refractivity contribution is 5.68. The summed E-state index contributed by atoms with van der Waals surface area (Å²) >= 11 is 0. The Hall–Kier alpha value is -0.770. The fourth-order valence-electron chi connectivity index (χ4n) is 1.83. The second-order valence-corrected chi connectivity index (χ2v) is 3.96. The number of aliphatic hydroxyl groups excluding tert-OH is 1. The molecule has 2 fully saturated rings. The largest absolute Gasteiger partial charge is 0.453 e. The van der Waals surface area contributed by atoms with Crippen molar-refractivity contribution in [1.82, 2.24) is 4.90 Å². The monoisotopic (exact) mass is 185 g/mol. The highest BCUT2D eigenvalue weighted by Gasteiger charge is 2.42. The summed E-state index contributed by atoms with van der Waals surface area (Å²) in [7, 11) is 1.38. The minimum absolute atomic E-state index is 0.194. The van der Waals surface area contributed by atoms with Crippen molar-refractivity contribution in [2.24, 2.45) is 11.8 Å². The second-order valence-electron chi connectivity index (χ2n) is 3.96. The zero-order valence-corrected chi connectivity index (χ0v) is 7.77. The van der Waals surface area contributed by atoms with Crippen LogP contribution >= 0.6 is 0 Å². The number of aliphatic hydroxyl groups is 1. The molecule has 2 rings (SSSR count). The Labute approximate surface area is 77.5 Å². The minimum atomic E-state index is -0.278. The maximum absolute atomic E-state index is 11.0. The van der Waals surface area contributed by atoms with Gasteiger partial charge in [-0.1, -0.05) is 0 Å². The van der Waals surface area contributed by atoms with Crippen LogP contribution in [0.1, 0.15) is 12.8 Å². The van der Waals surface area contributed by atoms with Gasteiger partial charge < -0.3 is 14.7 Å². The van der Waals surface area contributed by atoms with Gasteiger partial charge in [-0.15, -0.1) is 0 Å². The molecule has 0 aromatic heterocycles. The predicted octanol–water partition coefficient (Wildman–Crippen LogP) is 0.456. The molecule has 1 aliphatic carbocycles. The Bertz CT molecular complexity index is 209. The van der Waals surface area contributed by atoms with Crippen molar-refractivity contribution in [3.05, 3.63) is 0 Å². The first-order chi connectivity index (χ1) is 6.22. The van der Waals surface area contributed by atoms with Crippen molar-refractivity contribution >= 4 is 6.09 Å². The standard InChI is InChI=1S/C9H15NO3/c1-13-9(12)10-4-7(5-10)8(11)6-2-3-6/h6-8,11H,2-5H2,1H3. The maximum atomic E-state index is 11.0. The molecule has 1 amide bonds. The maximum Gasteiger partial charge on any atom is 0.409 e. The van der Waals surface area contributed by atoms with Gasteiger partial charge in [0.15, 0.2) is 0 Å². The van der Waals surface area contributed by atoms with Crippen LogP contribution in [0.5, 0.6) is 0 Å². The van der Waals surface area contributed by atoms with Crippen LogP contribution in [0.2, 0.25) is 0 Å². The molecule has 4 heteroatoms. The molecule has 0 radical (unpaired) electrons. The molecule has 1 N–H and O–H groups in total. The average molecular weight is 185 g/mol. The molecular weight excluding hydrogens is 170 g/mol. The Balaban J connectivity index is 1.74. The van der Waals surface area contributed by atoms with Crippen LogP contribution in [0.15, 0.2) is 0 Å². The number of carbonyl (C=O) groups excluding carboxylic acids is 1. The van der Waals surface area contributed by atoms with Crippen LogP contribution < -0.4 is 0 Å². The van der Waals surface area contributed by atoms with Gasteiger partial charge >= 0.3 is 6.09 Å². The number of rotatable bonds is 2. The summed E-state index contributed by atoms with van der Waals surface area (Å²) in [6, 6.07) is 0. The first-order valence-electron chi connectivity index (χ1n) is 4.73. The lowest BCUT2D eigenvalue weighted by atomic mass is 9.91. The van der Waals surface area contributed by atoms with Crippen molar-refractivity contribution in [3.63, 3.8) is 0 Å². The predicted molar refractivity (Wildman–Crippen MR) is 46.2 cm³/mol. The van der Waals surface area contributed by atoms with Gasteiger partial charge in [0.05, 0.1) is 13.2 Å². The van der Waals surface area contributed by atoms with E-state index in [1.54, 1.807) is 4.90 Å². The Morgan fingerprint density at radius 2 is 2.08 bits per heavy atom. The van der Waals surface area contributed by atoms with Gasteiger partial charge in [0.2, 0.25) is 0 Å². The lowest BCUT2D eigenvalue weighted by Gasteiger charge is -2.40. The Kier molecular flexibility index (Phi) is 2.15. The fourth-order valence-corrected chi connectivity index (χ4v) is 1.83. The van der Waals surface area contributed by atoms with Crippen LogP contribution in [0.3, 0.4) is 0 Å². The zero-order chi connectivity index (χ0) is 9.42. The molecule has 1 aliphatic heterocycles. The van der Waals surface area contributed by atoms with E-state index in [1.807, 2.05) is 0 Å². The lowest BCUT2D eigenvalue weighted by molar-refractivity contribution is -0.0104. The van der Waals surface area contributed by atoms with Gasteiger partial charge in [-0.3, -0.25) is 0 Å². The van der Waals surface area contributed by atoms with Crippen molar-refractivity contribution in [2.75, 3.05) is 20.2 Å². The van der Waals surface area contributed by atoms with E-state index in [2.05, 4.69) is 4.74 Å². The number of hydrogen-bond donors (Lipinski definition) is 1. The number of ether oxygens (including phenoxy) is 1. The van der Waals surface area contributed by atoms with Gasteiger partial charge in [0, 0.05) is 19.0 Å². The van der Waals surface area contributed by atoms with Gasteiger partial charge in [-0.25, -0.2) is 4.79 Å². The summed E-state index contributed by atoms with van der Waals surface area (Å²) in [5.74, 6) is 0.788. The molecule has 13 heavy (non-hydrogen) atoms. The molecule has 0 bridgehead atoms. The first kappa shape index (κ1) is 8.81. The van der Waals surface area contributed by atoms with Crippen molar-refractivity contribution in [1.29, 1.82) is 0 Å². The van der Waals surface area contributed by atoms with Crippen LogP contribution in [0.25, 0.3) is 0 Å². The molecule has 4 nitrogen and oxygen atoms in total. The first-order valence-corrected chi connectivity index (χ1v) is 4.73. The Morgan fingerprint density at radius 1 is 1.46 bits per heavy atom. The van der Waals surface area contributed by atoms with E-state index in [4.69, 9.17) is 0 Å². The van der Waals surface area contributed by atoms with E-state index in [0.717, 1.165) is 12.8 Å². The molecule has 1 saturated carbocycles. The fraction of sp³-hybridized carbons (Fsp3) is 0.889. The summed E-state index contributed by atoms with van der Waals surface area (Å²) in [5.41, 5.74) is 0. The van der Waals surface area contributed by atoms with Gasteiger partial charge in [0.25, 0.3) is 0 Å². The van der Waals surface area contributed by atoms with Gasteiger partial charge in [-0.05, 0) is 18.8 Å². The SMILES string of the molecule is COC(=O)N1CC(C(O)C2CC2)C1. The minimum Gasteiger partial charge on any atom is -0.453 e. The van der Waals surface area contributed by atoms with Crippen LogP contribution in [0, 0.1) is 11.8 Å². The van der Waals surface area contributed by atoms with Crippen LogP contribution in [-0.2, 0) is 4.74 Å².